The van der Waals surface area contributed by atoms with Crippen LogP contribution >= 0.6 is 12.4 Å². The quantitative estimate of drug-likeness (QED) is 0.907. The third kappa shape index (κ3) is 3.26. The molecule has 0 bridgehead atoms. The molecule has 0 aliphatic heterocycles. The molecule has 0 radical (unpaired) electrons. The number of nitrogens with one attached hydrogen (secondary N) is 1. The van der Waals surface area contributed by atoms with E-state index in [4.69, 9.17) is 0 Å². The predicted molar refractivity (Wildman–Crippen MR) is 75.1 cm³/mol. The molecule has 0 amide bonds. The lowest BCUT2D eigenvalue weighted by Crippen LogP contribution is -2.04. The highest BCUT2D eigenvalue weighted by molar-refractivity contribution is 5.85. The van der Waals surface area contributed by atoms with Gasteiger partial charge < -0.3 is 5.32 Å². The van der Waals surface area contributed by atoms with Gasteiger partial charge >= 0.3 is 0 Å². The van der Waals surface area contributed by atoms with E-state index in [-0.39, 0.29) is 12.4 Å². The first-order chi connectivity index (χ1) is 8.22. The summed E-state index contributed by atoms with van der Waals surface area (Å²) >= 11 is 0. The van der Waals surface area contributed by atoms with E-state index in [1.54, 1.807) is 0 Å². The zero-order valence-corrected chi connectivity index (χ0v) is 11.9. The summed E-state index contributed by atoms with van der Waals surface area (Å²) in [7, 11) is 0. The SMILES string of the molecule is CCn1ccc(CNc2nn(CC)cc2C)n1.Cl. The van der Waals surface area contributed by atoms with Crippen LogP contribution in [0.2, 0.25) is 0 Å². The first-order valence-corrected chi connectivity index (χ1v) is 6.03. The maximum absolute atomic E-state index is 4.44. The van der Waals surface area contributed by atoms with Gasteiger partial charge in [-0.2, -0.15) is 10.2 Å². The van der Waals surface area contributed by atoms with Crippen molar-refractivity contribution in [2.45, 2.75) is 40.4 Å². The molecule has 0 saturated heterocycles. The lowest BCUT2D eigenvalue weighted by Gasteiger charge is -2.01. The summed E-state index contributed by atoms with van der Waals surface area (Å²) in [6.07, 6.45) is 4.04. The van der Waals surface area contributed by atoms with Gasteiger partial charge in [0.05, 0.1) is 12.2 Å². The molecule has 0 aliphatic rings. The molecule has 2 rings (SSSR count). The van der Waals surface area contributed by atoms with Gasteiger partial charge in [-0.15, -0.1) is 12.4 Å². The number of hydrogen-bond donors (Lipinski definition) is 1. The van der Waals surface area contributed by atoms with Crippen LogP contribution in [0.25, 0.3) is 0 Å². The molecule has 2 aromatic heterocycles. The van der Waals surface area contributed by atoms with E-state index in [9.17, 15) is 0 Å². The summed E-state index contributed by atoms with van der Waals surface area (Å²) < 4.78 is 3.86. The molecule has 0 aliphatic carbocycles. The molecule has 18 heavy (non-hydrogen) atoms. The minimum absolute atomic E-state index is 0. The number of anilines is 1. The van der Waals surface area contributed by atoms with Crippen LogP contribution in [0.3, 0.4) is 0 Å². The molecule has 6 heteroatoms. The van der Waals surface area contributed by atoms with E-state index in [0.717, 1.165) is 24.6 Å². The highest BCUT2D eigenvalue weighted by Gasteiger charge is 2.04. The van der Waals surface area contributed by atoms with E-state index in [1.807, 2.05) is 27.8 Å². The first kappa shape index (κ1) is 14.6. The molecule has 0 fully saturated rings. The number of aryl methyl sites for hydroxylation is 3. The molecular formula is C12H20ClN5. The van der Waals surface area contributed by atoms with Crippen LogP contribution in [-0.2, 0) is 19.6 Å². The molecule has 100 valence electrons. The third-order valence-electron chi connectivity index (χ3n) is 2.73. The standard InChI is InChI=1S/C12H19N5.ClH/c1-4-16-7-6-11(14-16)8-13-12-10(3)9-17(5-2)15-12;/h6-7,9H,4-5,8H2,1-3H3,(H,13,15);1H. The van der Waals surface area contributed by atoms with Gasteiger partial charge in [-0.3, -0.25) is 9.36 Å². The Kier molecular flexibility index (Phi) is 5.22. The summed E-state index contributed by atoms with van der Waals surface area (Å²) in [4.78, 5) is 0. The van der Waals surface area contributed by atoms with Crippen molar-refractivity contribution in [1.82, 2.24) is 19.6 Å². The van der Waals surface area contributed by atoms with Crippen LogP contribution in [0.5, 0.6) is 0 Å². The minimum atomic E-state index is 0. The second kappa shape index (κ2) is 6.44. The van der Waals surface area contributed by atoms with Gasteiger partial charge in [0.25, 0.3) is 0 Å². The normalized spacial score (nSPS) is 10.2. The van der Waals surface area contributed by atoms with Gasteiger partial charge in [-0.25, -0.2) is 0 Å². The fourth-order valence-corrected chi connectivity index (χ4v) is 1.71. The fourth-order valence-electron chi connectivity index (χ4n) is 1.71. The molecule has 1 N–H and O–H groups in total. The number of rotatable bonds is 5. The summed E-state index contributed by atoms with van der Waals surface area (Å²) in [5.41, 5.74) is 2.21. The van der Waals surface area contributed by atoms with E-state index in [0.29, 0.717) is 6.54 Å². The minimum Gasteiger partial charge on any atom is -0.363 e. The smallest absolute Gasteiger partial charge is 0.151 e. The summed E-state index contributed by atoms with van der Waals surface area (Å²) in [5.74, 6) is 0.942. The van der Waals surface area contributed by atoms with E-state index >= 15 is 0 Å². The highest BCUT2D eigenvalue weighted by atomic mass is 35.5. The molecule has 2 heterocycles. The Labute approximate surface area is 114 Å². The number of nitrogens with zero attached hydrogens (tertiary/aromatic N) is 4. The highest BCUT2D eigenvalue weighted by Crippen LogP contribution is 2.12. The Balaban J connectivity index is 0.00000162. The largest absolute Gasteiger partial charge is 0.363 e. The van der Waals surface area contributed by atoms with Gasteiger partial charge in [-0.1, -0.05) is 0 Å². The topological polar surface area (TPSA) is 47.7 Å². The summed E-state index contributed by atoms with van der Waals surface area (Å²) in [6, 6.07) is 2.03. The van der Waals surface area contributed by atoms with Gasteiger partial charge in [-0.05, 0) is 26.8 Å². The van der Waals surface area contributed by atoms with E-state index in [2.05, 4.69) is 36.3 Å². The van der Waals surface area contributed by atoms with Crippen molar-refractivity contribution < 1.29 is 0 Å². The predicted octanol–water partition coefficient (Wildman–Crippen LogP) is 2.46. The van der Waals surface area contributed by atoms with Gasteiger partial charge in [0, 0.05) is 31.0 Å². The molecule has 0 aromatic carbocycles. The molecule has 5 nitrogen and oxygen atoms in total. The Morgan fingerprint density at radius 3 is 2.44 bits per heavy atom. The van der Waals surface area contributed by atoms with Crippen molar-refractivity contribution in [3.8, 4) is 0 Å². The number of aromatic nitrogens is 4. The molecule has 2 aromatic rings. The summed E-state index contributed by atoms with van der Waals surface area (Å²) in [5, 5.41) is 12.2. The van der Waals surface area contributed by atoms with Crippen molar-refractivity contribution in [2.24, 2.45) is 0 Å². The van der Waals surface area contributed by atoms with Gasteiger partial charge in [0.1, 0.15) is 0 Å². The average Bonchev–Trinajstić information content (AvgIpc) is 2.93. The molecule has 0 saturated carbocycles. The van der Waals surface area contributed by atoms with Crippen molar-refractivity contribution in [3.05, 3.63) is 29.7 Å². The molecular weight excluding hydrogens is 250 g/mol. The second-order valence-corrected chi connectivity index (χ2v) is 4.03. The Hall–Kier alpha value is -1.49. The fraction of sp³-hybridized carbons (Fsp3) is 0.500. The molecule has 0 atom stereocenters. The lowest BCUT2D eigenvalue weighted by molar-refractivity contribution is 0.647. The average molecular weight is 270 g/mol. The maximum Gasteiger partial charge on any atom is 0.151 e. The van der Waals surface area contributed by atoms with Crippen molar-refractivity contribution in [3.63, 3.8) is 0 Å². The molecule has 0 spiro atoms. The zero-order valence-electron chi connectivity index (χ0n) is 11.1. The van der Waals surface area contributed by atoms with Gasteiger partial charge in [0.15, 0.2) is 5.82 Å². The number of hydrogen-bond acceptors (Lipinski definition) is 3. The third-order valence-corrected chi connectivity index (χ3v) is 2.73. The monoisotopic (exact) mass is 269 g/mol. The van der Waals surface area contributed by atoms with Crippen LogP contribution in [0.1, 0.15) is 25.1 Å². The Morgan fingerprint density at radius 1 is 1.17 bits per heavy atom. The Morgan fingerprint density at radius 2 is 1.89 bits per heavy atom. The van der Waals surface area contributed by atoms with Crippen LogP contribution in [0.15, 0.2) is 18.5 Å². The van der Waals surface area contributed by atoms with Crippen LogP contribution in [-0.4, -0.2) is 19.6 Å². The number of halogens is 1. The van der Waals surface area contributed by atoms with Crippen LogP contribution < -0.4 is 5.32 Å². The van der Waals surface area contributed by atoms with Crippen LogP contribution in [0.4, 0.5) is 5.82 Å². The second-order valence-electron chi connectivity index (χ2n) is 4.03. The van der Waals surface area contributed by atoms with Crippen molar-refractivity contribution in [1.29, 1.82) is 0 Å². The van der Waals surface area contributed by atoms with E-state index in [1.165, 1.54) is 5.56 Å². The van der Waals surface area contributed by atoms with E-state index < -0.39 is 0 Å². The van der Waals surface area contributed by atoms with Crippen LogP contribution in [0, 0.1) is 6.92 Å². The maximum atomic E-state index is 4.44. The van der Waals surface area contributed by atoms with Crippen molar-refractivity contribution >= 4 is 18.2 Å². The van der Waals surface area contributed by atoms with Gasteiger partial charge in [0.2, 0.25) is 0 Å². The molecule has 0 unspecified atom stereocenters. The van der Waals surface area contributed by atoms with Crippen molar-refractivity contribution in [2.75, 3.05) is 5.32 Å². The first-order valence-electron chi connectivity index (χ1n) is 6.03. The summed E-state index contributed by atoms with van der Waals surface area (Å²) in [6.45, 7) is 8.74. The Bertz CT molecular complexity index is 488. The lowest BCUT2D eigenvalue weighted by atomic mass is 10.3. The zero-order chi connectivity index (χ0) is 12.3.